The third-order valence-electron chi connectivity index (χ3n) is 9.18. The van der Waals surface area contributed by atoms with Crippen LogP contribution in [0.5, 0.6) is 0 Å². The molecule has 0 saturated heterocycles. The summed E-state index contributed by atoms with van der Waals surface area (Å²) in [5.74, 6) is -2.17. The molecule has 0 aromatic carbocycles. The molecule has 0 atom stereocenters. The van der Waals surface area contributed by atoms with Crippen molar-refractivity contribution in [1.82, 2.24) is 0 Å². The van der Waals surface area contributed by atoms with Gasteiger partial charge in [0, 0.05) is 0 Å². The molecule has 10 heteroatoms. The SMILES string of the molecule is O=C(OOC(=O)C1CCC(S(=O)(=O)C2CCCCC2)CC1)C1CCC(S(=O)(=O)C2CCCCC2)CC1. The fourth-order valence-electron chi connectivity index (χ4n) is 6.80. The van der Waals surface area contributed by atoms with Crippen molar-refractivity contribution < 1.29 is 36.2 Å². The van der Waals surface area contributed by atoms with Gasteiger partial charge in [-0.2, -0.15) is 0 Å². The minimum atomic E-state index is -3.18. The van der Waals surface area contributed by atoms with Crippen molar-refractivity contribution in [3.63, 3.8) is 0 Å². The molecule has 4 saturated carbocycles. The fourth-order valence-corrected chi connectivity index (χ4v) is 11.7. The van der Waals surface area contributed by atoms with Crippen molar-refractivity contribution in [2.24, 2.45) is 11.8 Å². The Morgan fingerprint density at radius 3 is 1.00 bits per heavy atom. The molecule has 0 aliphatic heterocycles. The van der Waals surface area contributed by atoms with E-state index in [2.05, 4.69) is 0 Å². The maximum atomic E-state index is 13.0. The minimum absolute atomic E-state index is 0.242. The van der Waals surface area contributed by atoms with Crippen LogP contribution < -0.4 is 0 Å². The average molecular weight is 547 g/mol. The number of hydrogen-bond donors (Lipinski definition) is 0. The summed E-state index contributed by atoms with van der Waals surface area (Å²) in [5.41, 5.74) is 0. The number of rotatable bonds is 6. The van der Waals surface area contributed by atoms with Crippen LogP contribution in [0.2, 0.25) is 0 Å². The Bertz CT molecular complexity index is 881. The predicted octanol–water partition coefficient (Wildman–Crippen LogP) is 4.60. The van der Waals surface area contributed by atoms with E-state index in [0.29, 0.717) is 51.4 Å². The smallest absolute Gasteiger partial charge is 0.247 e. The predicted molar refractivity (Wildman–Crippen MR) is 135 cm³/mol. The number of carbonyl (C=O) groups is 2. The van der Waals surface area contributed by atoms with E-state index in [1.54, 1.807) is 0 Å². The molecule has 36 heavy (non-hydrogen) atoms. The zero-order valence-electron chi connectivity index (χ0n) is 21.3. The summed E-state index contributed by atoms with van der Waals surface area (Å²) in [6, 6.07) is 0. The van der Waals surface area contributed by atoms with E-state index in [1.807, 2.05) is 0 Å². The van der Waals surface area contributed by atoms with Gasteiger partial charge in [0.25, 0.3) is 0 Å². The number of hydrogen-bond acceptors (Lipinski definition) is 8. The second kappa shape index (κ2) is 12.1. The highest BCUT2D eigenvalue weighted by Gasteiger charge is 2.41. The summed E-state index contributed by atoms with van der Waals surface area (Å²) in [7, 11) is -6.35. The molecule has 0 N–H and O–H groups in total. The first-order valence-corrected chi connectivity index (χ1v) is 17.3. The maximum Gasteiger partial charge on any atom is 0.358 e. The van der Waals surface area contributed by atoms with Gasteiger partial charge in [0.05, 0.1) is 32.8 Å². The summed E-state index contributed by atoms with van der Waals surface area (Å²) in [6.07, 6.45) is 12.5. The molecule has 0 bridgehead atoms. The molecule has 206 valence electrons. The Balaban J connectivity index is 1.18. The standard InChI is InChI=1S/C26H42O8S2/c27-25(19-11-15-23(16-12-19)35(29,30)21-7-3-1-4-8-21)33-34-26(28)20-13-17-24(18-14-20)36(31,32)22-9-5-2-6-10-22/h19-24H,1-18H2. The largest absolute Gasteiger partial charge is 0.358 e. The molecule has 4 aliphatic carbocycles. The number of sulfone groups is 2. The zero-order chi connectivity index (χ0) is 25.8. The van der Waals surface area contributed by atoms with E-state index in [-0.39, 0.29) is 10.5 Å². The quantitative estimate of drug-likeness (QED) is 0.350. The van der Waals surface area contributed by atoms with Crippen LogP contribution in [-0.4, -0.2) is 49.8 Å². The first kappa shape index (κ1) is 27.9. The Hall–Kier alpha value is -1.16. The van der Waals surface area contributed by atoms with Gasteiger partial charge in [-0.1, -0.05) is 38.5 Å². The van der Waals surface area contributed by atoms with Crippen LogP contribution in [0.1, 0.15) is 116 Å². The summed E-state index contributed by atoms with van der Waals surface area (Å²) in [4.78, 5) is 34.7. The third-order valence-corrected chi connectivity index (χ3v) is 14.8. The highest BCUT2D eigenvalue weighted by molar-refractivity contribution is 7.92. The molecule has 0 unspecified atom stereocenters. The average Bonchev–Trinajstić information content (AvgIpc) is 2.92. The molecule has 0 heterocycles. The Kier molecular flexibility index (Phi) is 9.39. The number of carbonyl (C=O) groups excluding carboxylic acids is 2. The molecule has 0 aromatic heterocycles. The molecule has 8 nitrogen and oxygen atoms in total. The van der Waals surface area contributed by atoms with Crippen molar-refractivity contribution in [2.75, 3.05) is 0 Å². The Labute approximate surface area is 216 Å². The molecule has 4 aliphatic rings. The lowest BCUT2D eigenvalue weighted by atomic mass is 9.89. The van der Waals surface area contributed by atoms with Crippen molar-refractivity contribution in [2.45, 2.75) is 137 Å². The van der Waals surface area contributed by atoms with E-state index in [0.717, 1.165) is 64.2 Å². The molecule has 0 aromatic rings. The molecule has 4 fully saturated rings. The molecular formula is C26H42O8S2. The molecular weight excluding hydrogens is 504 g/mol. The molecule has 0 amide bonds. The Morgan fingerprint density at radius 1 is 0.417 bits per heavy atom. The van der Waals surface area contributed by atoms with E-state index in [4.69, 9.17) is 9.78 Å². The second-order valence-corrected chi connectivity index (χ2v) is 16.5. The summed E-state index contributed by atoms with van der Waals surface area (Å²) in [5, 5.41) is -1.28. The monoisotopic (exact) mass is 546 g/mol. The van der Waals surface area contributed by atoms with Gasteiger partial charge in [0.2, 0.25) is 0 Å². The zero-order valence-corrected chi connectivity index (χ0v) is 22.9. The van der Waals surface area contributed by atoms with Crippen molar-refractivity contribution >= 4 is 31.6 Å². The lowest BCUT2D eigenvalue weighted by molar-refractivity contribution is -0.266. The van der Waals surface area contributed by atoms with Crippen LogP contribution in [-0.2, 0) is 39.0 Å². The summed E-state index contributed by atoms with van der Waals surface area (Å²) in [6.45, 7) is 0. The van der Waals surface area contributed by atoms with Crippen LogP contribution in [0.25, 0.3) is 0 Å². The van der Waals surface area contributed by atoms with Crippen LogP contribution >= 0.6 is 0 Å². The minimum Gasteiger partial charge on any atom is -0.247 e. The Morgan fingerprint density at radius 2 is 0.694 bits per heavy atom. The van der Waals surface area contributed by atoms with Crippen molar-refractivity contribution in [3.8, 4) is 0 Å². The first-order chi connectivity index (χ1) is 17.2. The highest BCUT2D eigenvalue weighted by atomic mass is 32.2. The van der Waals surface area contributed by atoms with E-state index in [1.165, 1.54) is 0 Å². The van der Waals surface area contributed by atoms with Gasteiger partial charge in [-0.15, -0.1) is 0 Å². The lowest BCUT2D eigenvalue weighted by Crippen LogP contribution is -2.38. The van der Waals surface area contributed by atoms with E-state index >= 15 is 0 Å². The van der Waals surface area contributed by atoms with Crippen LogP contribution in [0.3, 0.4) is 0 Å². The van der Waals surface area contributed by atoms with Crippen LogP contribution in [0.15, 0.2) is 0 Å². The maximum absolute atomic E-state index is 13.0. The lowest BCUT2D eigenvalue weighted by Gasteiger charge is -2.32. The first-order valence-electron chi connectivity index (χ1n) is 14.1. The molecule has 4 rings (SSSR count). The van der Waals surface area contributed by atoms with Crippen molar-refractivity contribution in [1.29, 1.82) is 0 Å². The van der Waals surface area contributed by atoms with Crippen LogP contribution in [0.4, 0.5) is 0 Å². The van der Waals surface area contributed by atoms with E-state index in [9.17, 15) is 26.4 Å². The highest BCUT2D eigenvalue weighted by Crippen LogP contribution is 2.36. The molecule has 0 spiro atoms. The van der Waals surface area contributed by atoms with Gasteiger partial charge in [-0.25, -0.2) is 36.2 Å². The fraction of sp³-hybridized carbons (Fsp3) is 0.923. The van der Waals surface area contributed by atoms with Gasteiger partial charge >= 0.3 is 11.9 Å². The summed E-state index contributed by atoms with van der Waals surface area (Å²) < 4.78 is 51.8. The van der Waals surface area contributed by atoms with Gasteiger partial charge in [0.15, 0.2) is 19.7 Å². The third kappa shape index (κ3) is 6.45. The van der Waals surface area contributed by atoms with Gasteiger partial charge in [-0.3, -0.25) is 0 Å². The van der Waals surface area contributed by atoms with Gasteiger partial charge in [-0.05, 0) is 77.0 Å². The van der Waals surface area contributed by atoms with Crippen LogP contribution in [0, 0.1) is 11.8 Å². The summed E-state index contributed by atoms with van der Waals surface area (Å²) >= 11 is 0. The normalized spacial score (nSPS) is 31.4. The van der Waals surface area contributed by atoms with Crippen molar-refractivity contribution in [3.05, 3.63) is 0 Å². The van der Waals surface area contributed by atoms with Gasteiger partial charge in [0.1, 0.15) is 0 Å². The second-order valence-electron chi connectivity index (χ2n) is 11.5. The topological polar surface area (TPSA) is 121 Å². The van der Waals surface area contributed by atoms with Gasteiger partial charge < -0.3 is 0 Å². The molecule has 0 radical (unpaired) electrons. The van der Waals surface area contributed by atoms with E-state index < -0.39 is 53.9 Å².